The van der Waals surface area contributed by atoms with Gasteiger partial charge in [-0.15, -0.1) is 0 Å². The van der Waals surface area contributed by atoms with Crippen LogP contribution in [0.2, 0.25) is 0 Å². The lowest BCUT2D eigenvalue weighted by atomic mass is 10.2. The molecule has 1 aromatic heterocycles. The number of nitrogen functional groups attached to an aromatic ring is 1. The summed E-state index contributed by atoms with van der Waals surface area (Å²) in [6.45, 7) is 0.748. The Morgan fingerprint density at radius 2 is 2.31 bits per heavy atom. The smallest absolute Gasteiger partial charge is 0.249 e. The van der Waals surface area contributed by atoms with Crippen LogP contribution in [0.15, 0.2) is 18.3 Å². The maximum Gasteiger partial charge on any atom is 0.249 e. The number of ether oxygens (including phenoxy) is 1. The topological polar surface area (TPSA) is 86.5 Å². The van der Waals surface area contributed by atoms with E-state index in [0.29, 0.717) is 24.6 Å². The quantitative estimate of drug-likeness (QED) is 0.521. The van der Waals surface area contributed by atoms with Crippen LogP contribution in [0.4, 0.5) is 5.69 Å². The predicted molar refractivity (Wildman–Crippen MR) is 58.3 cm³/mol. The number of nitrogens with zero attached hydrogens (tertiary/aromatic N) is 1. The molecule has 0 saturated heterocycles. The molecule has 0 aliphatic carbocycles. The van der Waals surface area contributed by atoms with Gasteiger partial charge in [-0.25, -0.2) is 5.48 Å². The van der Waals surface area contributed by atoms with Gasteiger partial charge in [0.1, 0.15) is 0 Å². The number of hydrogen-bond acceptors (Lipinski definition) is 5. The molecule has 0 aliphatic rings. The standard InChI is InChI=1S/C10H15N3O3/c1-15-4-5-16-13-10(14)6-9-3-2-8(11)7-12-9/h2-3,7H,4-6,11H2,1H3,(H,13,14). The van der Waals surface area contributed by atoms with E-state index in [1.165, 1.54) is 6.20 Å². The third-order valence-corrected chi connectivity index (χ3v) is 1.76. The zero-order chi connectivity index (χ0) is 11.8. The second-order valence-electron chi connectivity index (χ2n) is 3.13. The van der Waals surface area contributed by atoms with Crippen molar-refractivity contribution in [2.45, 2.75) is 6.42 Å². The first-order valence-electron chi connectivity index (χ1n) is 4.82. The summed E-state index contributed by atoms with van der Waals surface area (Å²) in [6, 6.07) is 3.39. The van der Waals surface area contributed by atoms with Gasteiger partial charge in [-0.3, -0.25) is 14.6 Å². The number of carbonyl (C=O) groups excluding carboxylic acids is 1. The lowest BCUT2D eigenvalue weighted by Gasteiger charge is -2.05. The largest absolute Gasteiger partial charge is 0.397 e. The number of methoxy groups -OCH3 is 1. The summed E-state index contributed by atoms with van der Waals surface area (Å²) >= 11 is 0. The van der Waals surface area contributed by atoms with Crippen LogP contribution in [0.5, 0.6) is 0 Å². The second kappa shape index (κ2) is 6.76. The molecule has 6 nitrogen and oxygen atoms in total. The van der Waals surface area contributed by atoms with E-state index in [2.05, 4.69) is 10.5 Å². The van der Waals surface area contributed by atoms with Gasteiger partial charge in [-0.1, -0.05) is 0 Å². The van der Waals surface area contributed by atoms with E-state index in [4.69, 9.17) is 15.3 Å². The zero-order valence-corrected chi connectivity index (χ0v) is 9.10. The van der Waals surface area contributed by atoms with Gasteiger partial charge in [-0.05, 0) is 12.1 Å². The van der Waals surface area contributed by atoms with Crippen LogP contribution in [0.25, 0.3) is 0 Å². The van der Waals surface area contributed by atoms with Gasteiger partial charge in [0, 0.05) is 12.8 Å². The van der Waals surface area contributed by atoms with Crippen molar-refractivity contribution >= 4 is 11.6 Å². The molecule has 3 N–H and O–H groups in total. The number of hydrogen-bond donors (Lipinski definition) is 2. The molecule has 0 fully saturated rings. The minimum atomic E-state index is -0.256. The van der Waals surface area contributed by atoms with Crippen molar-refractivity contribution in [2.24, 2.45) is 0 Å². The number of nitrogens with one attached hydrogen (secondary N) is 1. The molecule has 0 atom stereocenters. The van der Waals surface area contributed by atoms with Gasteiger partial charge in [-0.2, -0.15) is 0 Å². The molecule has 88 valence electrons. The molecular formula is C10H15N3O3. The SMILES string of the molecule is COCCONC(=O)Cc1ccc(N)cn1. The van der Waals surface area contributed by atoms with Crippen LogP contribution in [-0.2, 0) is 20.8 Å². The van der Waals surface area contributed by atoms with Crippen LogP contribution < -0.4 is 11.2 Å². The number of amides is 1. The fourth-order valence-electron chi connectivity index (χ4n) is 0.998. The second-order valence-corrected chi connectivity index (χ2v) is 3.13. The van der Waals surface area contributed by atoms with E-state index in [1.807, 2.05) is 0 Å². The first kappa shape index (κ1) is 12.4. The molecule has 1 aromatic rings. The van der Waals surface area contributed by atoms with Gasteiger partial charge in [0.05, 0.1) is 31.5 Å². The van der Waals surface area contributed by atoms with Crippen molar-refractivity contribution in [3.63, 3.8) is 0 Å². The molecule has 1 amide bonds. The Morgan fingerprint density at radius 1 is 1.50 bits per heavy atom. The zero-order valence-electron chi connectivity index (χ0n) is 9.10. The van der Waals surface area contributed by atoms with E-state index in [9.17, 15) is 4.79 Å². The summed E-state index contributed by atoms with van der Waals surface area (Å²) in [5, 5.41) is 0. The molecule has 0 radical (unpaired) electrons. The molecule has 0 unspecified atom stereocenters. The number of anilines is 1. The number of carbonyl (C=O) groups is 1. The van der Waals surface area contributed by atoms with Crippen molar-refractivity contribution in [3.05, 3.63) is 24.0 Å². The van der Waals surface area contributed by atoms with Gasteiger partial charge in [0.2, 0.25) is 5.91 Å². The van der Waals surface area contributed by atoms with E-state index in [0.717, 1.165) is 0 Å². The first-order chi connectivity index (χ1) is 7.72. The highest BCUT2D eigenvalue weighted by Crippen LogP contribution is 2.01. The Labute approximate surface area is 93.7 Å². The van der Waals surface area contributed by atoms with Crippen molar-refractivity contribution in [1.29, 1.82) is 0 Å². The van der Waals surface area contributed by atoms with Gasteiger partial charge < -0.3 is 10.5 Å². The lowest BCUT2D eigenvalue weighted by Crippen LogP contribution is -2.27. The Kier molecular flexibility index (Phi) is 5.24. The highest BCUT2D eigenvalue weighted by Gasteiger charge is 2.03. The third-order valence-electron chi connectivity index (χ3n) is 1.76. The average Bonchev–Trinajstić information content (AvgIpc) is 2.28. The Balaban J connectivity index is 2.26. The summed E-state index contributed by atoms with van der Waals surface area (Å²) in [4.78, 5) is 20.2. The number of aromatic nitrogens is 1. The fourth-order valence-corrected chi connectivity index (χ4v) is 0.998. The summed E-state index contributed by atoms with van der Waals surface area (Å²) in [6.07, 6.45) is 1.67. The number of nitrogens with two attached hydrogens (primary N) is 1. The van der Waals surface area contributed by atoms with Crippen LogP contribution in [0.1, 0.15) is 5.69 Å². The van der Waals surface area contributed by atoms with E-state index in [1.54, 1.807) is 19.2 Å². The Morgan fingerprint density at radius 3 is 2.94 bits per heavy atom. The van der Waals surface area contributed by atoms with Crippen LogP contribution in [0.3, 0.4) is 0 Å². The number of pyridine rings is 1. The van der Waals surface area contributed by atoms with Crippen molar-refractivity contribution < 1.29 is 14.4 Å². The van der Waals surface area contributed by atoms with Gasteiger partial charge >= 0.3 is 0 Å². The third kappa shape index (κ3) is 4.72. The summed E-state index contributed by atoms with van der Waals surface area (Å²) in [7, 11) is 1.56. The van der Waals surface area contributed by atoms with Crippen LogP contribution >= 0.6 is 0 Å². The van der Waals surface area contributed by atoms with Crippen molar-refractivity contribution in [3.8, 4) is 0 Å². The van der Waals surface area contributed by atoms with Gasteiger partial charge in [0.25, 0.3) is 0 Å². The Bertz CT molecular complexity index is 327. The lowest BCUT2D eigenvalue weighted by molar-refractivity contribution is -0.133. The van der Waals surface area contributed by atoms with Gasteiger partial charge in [0.15, 0.2) is 0 Å². The molecule has 6 heteroatoms. The maximum absolute atomic E-state index is 11.3. The molecule has 0 aromatic carbocycles. The summed E-state index contributed by atoms with van der Waals surface area (Å²) in [5.41, 5.74) is 8.97. The monoisotopic (exact) mass is 225 g/mol. The molecule has 16 heavy (non-hydrogen) atoms. The number of hydroxylamine groups is 1. The summed E-state index contributed by atoms with van der Waals surface area (Å²) < 4.78 is 4.75. The minimum absolute atomic E-state index is 0.160. The van der Waals surface area contributed by atoms with Crippen LogP contribution in [0, 0.1) is 0 Å². The maximum atomic E-state index is 11.3. The van der Waals surface area contributed by atoms with E-state index >= 15 is 0 Å². The van der Waals surface area contributed by atoms with E-state index < -0.39 is 0 Å². The first-order valence-corrected chi connectivity index (χ1v) is 4.82. The molecular weight excluding hydrogens is 210 g/mol. The number of rotatable bonds is 6. The van der Waals surface area contributed by atoms with Crippen molar-refractivity contribution in [1.82, 2.24) is 10.5 Å². The van der Waals surface area contributed by atoms with Crippen LogP contribution in [-0.4, -0.2) is 31.2 Å². The predicted octanol–water partition coefficient (Wildman–Crippen LogP) is -0.0995. The molecule has 0 saturated carbocycles. The molecule has 1 rings (SSSR count). The van der Waals surface area contributed by atoms with Crippen molar-refractivity contribution in [2.75, 3.05) is 26.1 Å². The normalized spacial score (nSPS) is 10.1. The fraction of sp³-hybridized carbons (Fsp3) is 0.400. The molecule has 0 bridgehead atoms. The highest BCUT2D eigenvalue weighted by atomic mass is 16.7. The molecule has 0 aliphatic heterocycles. The highest BCUT2D eigenvalue weighted by molar-refractivity contribution is 5.77. The molecule has 1 heterocycles. The van der Waals surface area contributed by atoms with E-state index in [-0.39, 0.29) is 12.3 Å². The average molecular weight is 225 g/mol. The summed E-state index contributed by atoms with van der Waals surface area (Å²) in [5.74, 6) is -0.256. The molecule has 0 spiro atoms. The minimum Gasteiger partial charge on any atom is -0.397 e. The Hall–Kier alpha value is -1.66.